The maximum Gasteiger partial charge on any atom is 0.148 e. The Morgan fingerprint density at radius 2 is 2.13 bits per heavy atom. The number of ether oxygens (including phenoxy) is 1. The van der Waals surface area contributed by atoms with Crippen LogP contribution in [0.4, 0.5) is 5.82 Å². The smallest absolute Gasteiger partial charge is 0.148 e. The molecule has 0 aromatic carbocycles. The topological polar surface area (TPSA) is 47.0 Å². The summed E-state index contributed by atoms with van der Waals surface area (Å²) < 4.78 is 5.32. The molecule has 4 heteroatoms. The molecule has 0 bridgehead atoms. The molecule has 0 radical (unpaired) electrons. The van der Waals surface area contributed by atoms with Gasteiger partial charge in [-0.1, -0.05) is 0 Å². The van der Waals surface area contributed by atoms with Crippen molar-refractivity contribution in [3.8, 4) is 0 Å². The summed E-state index contributed by atoms with van der Waals surface area (Å²) in [6.45, 7) is 4.63. The quantitative estimate of drug-likeness (QED) is 0.821. The Morgan fingerprint density at radius 3 is 2.73 bits per heavy atom. The molecule has 1 N–H and O–H groups in total. The second-order valence-corrected chi connectivity index (χ2v) is 3.76. The average molecular weight is 207 g/mol. The zero-order chi connectivity index (χ0) is 10.5. The van der Waals surface area contributed by atoms with E-state index in [4.69, 9.17) is 4.74 Å². The third-order valence-electron chi connectivity index (χ3n) is 2.68. The second kappa shape index (κ2) is 5.07. The largest absolute Gasteiger partial charge is 0.381 e. The van der Waals surface area contributed by atoms with Gasteiger partial charge in [0.05, 0.1) is 5.69 Å². The molecule has 0 saturated carbocycles. The summed E-state index contributed by atoms with van der Waals surface area (Å²) in [7, 11) is 0. The van der Waals surface area contributed by atoms with Crippen LogP contribution in [-0.4, -0.2) is 30.0 Å². The maximum atomic E-state index is 5.32. The minimum absolute atomic E-state index is 0.530. The van der Waals surface area contributed by atoms with Gasteiger partial charge in [-0.2, -0.15) is 5.10 Å². The Bertz CT molecular complexity index is 293. The number of hydrogen-bond acceptors (Lipinski definition) is 4. The van der Waals surface area contributed by atoms with E-state index in [1.807, 2.05) is 13.0 Å². The molecule has 1 aromatic heterocycles. The fourth-order valence-corrected chi connectivity index (χ4v) is 1.83. The summed E-state index contributed by atoms with van der Waals surface area (Å²) in [5.74, 6) is 1.38. The highest BCUT2D eigenvalue weighted by Crippen LogP contribution is 2.24. The molecular weight excluding hydrogens is 190 g/mol. The number of nitrogens with zero attached hydrogens (tertiary/aromatic N) is 2. The number of hydrogen-bond donors (Lipinski definition) is 1. The SMILES string of the molecule is CCNc1ccc(C2CCOCC2)nn1. The van der Waals surface area contributed by atoms with E-state index in [1.54, 1.807) is 0 Å². The van der Waals surface area contributed by atoms with Gasteiger partial charge in [0.15, 0.2) is 0 Å². The van der Waals surface area contributed by atoms with Gasteiger partial charge in [-0.15, -0.1) is 5.10 Å². The van der Waals surface area contributed by atoms with Crippen LogP contribution in [0.1, 0.15) is 31.4 Å². The lowest BCUT2D eigenvalue weighted by atomic mass is 9.96. The van der Waals surface area contributed by atoms with Crippen LogP contribution in [-0.2, 0) is 4.74 Å². The number of rotatable bonds is 3. The van der Waals surface area contributed by atoms with Crippen molar-refractivity contribution in [3.05, 3.63) is 17.8 Å². The van der Waals surface area contributed by atoms with Crippen LogP contribution in [0.2, 0.25) is 0 Å². The van der Waals surface area contributed by atoms with Crippen LogP contribution in [0.15, 0.2) is 12.1 Å². The van der Waals surface area contributed by atoms with Gasteiger partial charge in [-0.3, -0.25) is 0 Å². The van der Waals surface area contributed by atoms with Crippen molar-refractivity contribution in [1.29, 1.82) is 0 Å². The molecule has 1 saturated heterocycles. The summed E-state index contributed by atoms with van der Waals surface area (Å²) >= 11 is 0. The highest BCUT2D eigenvalue weighted by Gasteiger charge is 2.17. The molecule has 15 heavy (non-hydrogen) atoms. The summed E-state index contributed by atoms with van der Waals surface area (Å²) in [5.41, 5.74) is 1.10. The summed E-state index contributed by atoms with van der Waals surface area (Å²) in [6.07, 6.45) is 2.13. The number of aromatic nitrogens is 2. The second-order valence-electron chi connectivity index (χ2n) is 3.76. The molecule has 2 heterocycles. The Kier molecular flexibility index (Phi) is 3.50. The van der Waals surface area contributed by atoms with E-state index < -0.39 is 0 Å². The van der Waals surface area contributed by atoms with Crippen molar-refractivity contribution < 1.29 is 4.74 Å². The first-order valence-electron chi connectivity index (χ1n) is 5.55. The van der Waals surface area contributed by atoms with Crippen molar-refractivity contribution in [2.45, 2.75) is 25.7 Å². The van der Waals surface area contributed by atoms with Gasteiger partial charge in [-0.05, 0) is 31.9 Å². The number of nitrogens with one attached hydrogen (secondary N) is 1. The van der Waals surface area contributed by atoms with Gasteiger partial charge < -0.3 is 10.1 Å². The highest BCUT2D eigenvalue weighted by atomic mass is 16.5. The molecule has 1 aromatic rings. The fraction of sp³-hybridized carbons (Fsp3) is 0.636. The molecule has 1 aliphatic rings. The van der Waals surface area contributed by atoms with Gasteiger partial charge in [-0.25, -0.2) is 0 Å². The van der Waals surface area contributed by atoms with E-state index in [1.165, 1.54) is 0 Å². The van der Waals surface area contributed by atoms with Gasteiger partial charge in [0, 0.05) is 25.7 Å². The normalized spacial score (nSPS) is 17.7. The minimum atomic E-state index is 0.530. The Morgan fingerprint density at radius 1 is 1.33 bits per heavy atom. The lowest BCUT2D eigenvalue weighted by molar-refractivity contribution is 0.0843. The lowest BCUT2D eigenvalue weighted by Crippen LogP contribution is -2.15. The van der Waals surface area contributed by atoms with Gasteiger partial charge in [0.25, 0.3) is 0 Å². The molecule has 2 rings (SSSR count). The standard InChI is InChI=1S/C11H17N3O/c1-2-12-11-4-3-10(13-14-11)9-5-7-15-8-6-9/h3-4,9H,2,5-8H2,1H3,(H,12,14). The Balaban J connectivity index is 2.02. The zero-order valence-corrected chi connectivity index (χ0v) is 9.07. The molecule has 1 fully saturated rings. The van der Waals surface area contributed by atoms with Gasteiger partial charge in [0.1, 0.15) is 5.82 Å². The first-order chi connectivity index (χ1) is 7.40. The minimum Gasteiger partial charge on any atom is -0.381 e. The Hall–Kier alpha value is -1.16. The summed E-state index contributed by atoms with van der Waals surface area (Å²) in [5, 5.41) is 11.5. The fourth-order valence-electron chi connectivity index (χ4n) is 1.83. The molecular formula is C11H17N3O. The van der Waals surface area contributed by atoms with E-state index >= 15 is 0 Å². The van der Waals surface area contributed by atoms with E-state index in [9.17, 15) is 0 Å². The van der Waals surface area contributed by atoms with E-state index in [0.29, 0.717) is 5.92 Å². The van der Waals surface area contributed by atoms with Crippen molar-refractivity contribution in [3.63, 3.8) is 0 Å². The lowest BCUT2D eigenvalue weighted by Gasteiger charge is -2.20. The van der Waals surface area contributed by atoms with Crippen molar-refractivity contribution in [2.75, 3.05) is 25.1 Å². The monoisotopic (exact) mass is 207 g/mol. The maximum absolute atomic E-state index is 5.32. The Labute approximate surface area is 90.1 Å². The molecule has 0 spiro atoms. The van der Waals surface area contributed by atoms with E-state index in [-0.39, 0.29) is 0 Å². The van der Waals surface area contributed by atoms with Gasteiger partial charge in [0.2, 0.25) is 0 Å². The highest BCUT2D eigenvalue weighted by molar-refractivity contribution is 5.33. The predicted molar refractivity (Wildman–Crippen MR) is 59.0 cm³/mol. The predicted octanol–water partition coefficient (Wildman–Crippen LogP) is 1.80. The van der Waals surface area contributed by atoms with Crippen LogP contribution >= 0.6 is 0 Å². The number of anilines is 1. The summed E-state index contributed by atoms with van der Waals surface area (Å²) in [6, 6.07) is 4.07. The van der Waals surface area contributed by atoms with Crippen LogP contribution in [0.3, 0.4) is 0 Å². The zero-order valence-electron chi connectivity index (χ0n) is 9.07. The molecule has 0 atom stereocenters. The van der Waals surface area contributed by atoms with Crippen LogP contribution in [0, 0.1) is 0 Å². The van der Waals surface area contributed by atoms with Crippen molar-refractivity contribution >= 4 is 5.82 Å². The third-order valence-corrected chi connectivity index (χ3v) is 2.68. The third kappa shape index (κ3) is 2.65. The van der Waals surface area contributed by atoms with Crippen molar-refractivity contribution in [1.82, 2.24) is 10.2 Å². The van der Waals surface area contributed by atoms with Crippen LogP contribution < -0.4 is 5.32 Å². The van der Waals surface area contributed by atoms with E-state index in [0.717, 1.165) is 44.1 Å². The van der Waals surface area contributed by atoms with Crippen LogP contribution in [0.25, 0.3) is 0 Å². The molecule has 82 valence electrons. The van der Waals surface area contributed by atoms with E-state index in [2.05, 4.69) is 21.6 Å². The summed E-state index contributed by atoms with van der Waals surface area (Å²) in [4.78, 5) is 0. The molecule has 0 aliphatic carbocycles. The molecule has 0 amide bonds. The van der Waals surface area contributed by atoms with Crippen molar-refractivity contribution in [2.24, 2.45) is 0 Å². The average Bonchev–Trinajstić information content (AvgIpc) is 2.32. The van der Waals surface area contributed by atoms with Crippen LogP contribution in [0.5, 0.6) is 0 Å². The first-order valence-corrected chi connectivity index (χ1v) is 5.55. The van der Waals surface area contributed by atoms with Gasteiger partial charge >= 0.3 is 0 Å². The first kappa shape index (κ1) is 10.4. The molecule has 0 unspecified atom stereocenters. The molecule has 1 aliphatic heterocycles. The molecule has 4 nitrogen and oxygen atoms in total.